The Kier molecular flexibility index (Phi) is 5.39. The molecule has 21 heavy (non-hydrogen) atoms. The lowest BCUT2D eigenvalue weighted by Crippen LogP contribution is -2.35. The minimum atomic E-state index is 0.174. The first-order valence-corrected chi connectivity index (χ1v) is 7.69. The molecule has 1 aromatic heterocycles. The molecule has 1 unspecified atom stereocenters. The van der Waals surface area contributed by atoms with Gasteiger partial charge < -0.3 is 10.6 Å². The first-order chi connectivity index (χ1) is 10.2. The second-order valence-corrected chi connectivity index (χ2v) is 5.44. The third kappa shape index (κ3) is 3.45. The molecule has 2 rings (SSSR count). The van der Waals surface area contributed by atoms with Crippen LogP contribution < -0.4 is 10.6 Å². The third-order valence-corrected chi connectivity index (χ3v) is 4.07. The number of para-hydroxylation sites is 1. The SMILES string of the molecule is CCCCN(c1ccccc1)C(CN)c1cnn(C)c1C. The van der Waals surface area contributed by atoms with E-state index in [1.54, 1.807) is 0 Å². The Bertz CT molecular complexity index is 547. The number of benzene rings is 1. The van der Waals surface area contributed by atoms with Crippen molar-refractivity contribution in [3.8, 4) is 0 Å². The van der Waals surface area contributed by atoms with Crippen molar-refractivity contribution in [1.29, 1.82) is 0 Å². The molecule has 4 nitrogen and oxygen atoms in total. The zero-order valence-electron chi connectivity index (χ0n) is 13.3. The Hall–Kier alpha value is -1.81. The largest absolute Gasteiger partial charge is 0.363 e. The summed E-state index contributed by atoms with van der Waals surface area (Å²) in [6.07, 6.45) is 4.28. The zero-order chi connectivity index (χ0) is 15.2. The van der Waals surface area contributed by atoms with Gasteiger partial charge in [0.15, 0.2) is 0 Å². The van der Waals surface area contributed by atoms with Gasteiger partial charge in [0.1, 0.15) is 0 Å². The van der Waals surface area contributed by atoms with Gasteiger partial charge in [0.25, 0.3) is 0 Å². The Morgan fingerprint density at radius 1 is 1.29 bits per heavy atom. The van der Waals surface area contributed by atoms with Crippen LogP contribution in [-0.2, 0) is 7.05 Å². The van der Waals surface area contributed by atoms with Crippen LogP contribution in [0.5, 0.6) is 0 Å². The summed E-state index contributed by atoms with van der Waals surface area (Å²) in [6.45, 7) is 5.92. The monoisotopic (exact) mass is 286 g/mol. The quantitative estimate of drug-likeness (QED) is 0.851. The normalized spacial score (nSPS) is 12.4. The third-order valence-electron chi connectivity index (χ3n) is 4.07. The molecular weight excluding hydrogens is 260 g/mol. The average Bonchev–Trinajstić information content (AvgIpc) is 2.84. The van der Waals surface area contributed by atoms with Crippen LogP contribution in [0.15, 0.2) is 36.5 Å². The molecule has 0 saturated heterocycles. The highest BCUT2D eigenvalue weighted by Crippen LogP contribution is 2.28. The minimum absolute atomic E-state index is 0.174. The van der Waals surface area contributed by atoms with E-state index in [1.807, 2.05) is 24.0 Å². The van der Waals surface area contributed by atoms with Crippen LogP contribution in [0.2, 0.25) is 0 Å². The highest BCUT2D eigenvalue weighted by atomic mass is 15.3. The number of nitrogens with zero attached hydrogens (tertiary/aromatic N) is 3. The lowest BCUT2D eigenvalue weighted by atomic mass is 10.0. The van der Waals surface area contributed by atoms with E-state index in [-0.39, 0.29) is 6.04 Å². The number of nitrogens with two attached hydrogens (primary N) is 1. The van der Waals surface area contributed by atoms with Gasteiger partial charge in [0.05, 0.1) is 12.2 Å². The molecule has 0 amide bonds. The van der Waals surface area contributed by atoms with Crippen molar-refractivity contribution in [3.63, 3.8) is 0 Å². The molecule has 114 valence electrons. The summed E-state index contributed by atoms with van der Waals surface area (Å²) >= 11 is 0. The van der Waals surface area contributed by atoms with Crippen molar-refractivity contribution in [2.45, 2.75) is 32.7 Å². The van der Waals surface area contributed by atoms with Gasteiger partial charge in [0, 0.05) is 37.1 Å². The Morgan fingerprint density at radius 2 is 2.00 bits per heavy atom. The number of hydrogen-bond acceptors (Lipinski definition) is 3. The second kappa shape index (κ2) is 7.27. The van der Waals surface area contributed by atoms with Crippen LogP contribution in [0.4, 0.5) is 5.69 Å². The highest BCUT2D eigenvalue weighted by Gasteiger charge is 2.22. The van der Waals surface area contributed by atoms with Crippen molar-refractivity contribution in [3.05, 3.63) is 47.8 Å². The first kappa shape index (κ1) is 15.6. The molecule has 2 aromatic rings. The predicted molar refractivity (Wildman–Crippen MR) is 88.4 cm³/mol. The van der Waals surface area contributed by atoms with Crippen LogP contribution in [0.25, 0.3) is 0 Å². The van der Waals surface area contributed by atoms with Crippen molar-refractivity contribution in [2.24, 2.45) is 12.8 Å². The molecule has 0 aliphatic heterocycles. The molecule has 0 radical (unpaired) electrons. The van der Waals surface area contributed by atoms with Crippen LogP contribution >= 0.6 is 0 Å². The van der Waals surface area contributed by atoms with Gasteiger partial charge in [-0.05, 0) is 25.5 Å². The second-order valence-electron chi connectivity index (χ2n) is 5.44. The highest BCUT2D eigenvalue weighted by molar-refractivity contribution is 5.49. The van der Waals surface area contributed by atoms with E-state index in [0.717, 1.165) is 13.0 Å². The maximum absolute atomic E-state index is 6.11. The van der Waals surface area contributed by atoms with E-state index < -0.39 is 0 Å². The van der Waals surface area contributed by atoms with E-state index in [2.05, 4.69) is 48.1 Å². The average molecular weight is 286 g/mol. The fraction of sp³-hybridized carbons (Fsp3) is 0.471. The van der Waals surface area contributed by atoms with Crippen molar-refractivity contribution in [2.75, 3.05) is 18.0 Å². The molecule has 1 heterocycles. The van der Waals surface area contributed by atoms with Crippen molar-refractivity contribution >= 4 is 5.69 Å². The van der Waals surface area contributed by atoms with E-state index in [9.17, 15) is 0 Å². The molecule has 1 aromatic carbocycles. The smallest absolute Gasteiger partial charge is 0.0698 e. The van der Waals surface area contributed by atoms with Gasteiger partial charge in [-0.3, -0.25) is 4.68 Å². The summed E-state index contributed by atoms with van der Waals surface area (Å²) in [7, 11) is 1.98. The van der Waals surface area contributed by atoms with Crippen LogP contribution in [0.3, 0.4) is 0 Å². The summed E-state index contributed by atoms with van der Waals surface area (Å²) in [6, 6.07) is 10.7. The van der Waals surface area contributed by atoms with Gasteiger partial charge in [-0.1, -0.05) is 31.5 Å². The molecular formula is C17H26N4. The van der Waals surface area contributed by atoms with Crippen molar-refractivity contribution < 1.29 is 0 Å². The predicted octanol–water partition coefficient (Wildman–Crippen LogP) is 3.04. The van der Waals surface area contributed by atoms with Crippen LogP contribution in [0, 0.1) is 6.92 Å². The molecule has 1 atom stereocenters. The summed E-state index contributed by atoms with van der Waals surface area (Å²) in [5.74, 6) is 0. The lowest BCUT2D eigenvalue weighted by molar-refractivity contribution is 0.600. The fourth-order valence-corrected chi connectivity index (χ4v) is 2.68. The standard InChI is InChI=1S/C17H26N4/c1-4-5-11-21(15-9-7-6-8-10-15)17(12-18)16-13-19-20(3)14(16)2/h6-10,13,17H,4-5,11-12,18H2,1-3H3. The van der Waals surface area contributed by atoms with Gasteiger partial charge in [0.2, 0.25) is 0 Å². The maximum atomic E-state index is 6.11. The Balaban J connectivity index is 2.35. The maximum Gasteiger partial charge on any atom is 0.0698 e. The number of aryl methyl sites for hydroxylation is 1. The number of aromatic nitrogens is 2. The number of rotatable bonds is 7. The minimum Gasteiger partial charge on any atom is -0.363 e. The molecule has 4 heteroatoms. The first-order valence-electron chi connectivity index (χ1n) is 7.69. The number of hydrogen-bond donors (Lipinski definition) is 1. The molecule has 0 saturated carbocycles. The number of unbranched alkanes of at least 4 members (excludes halogenated alkanes) is 1. The zero-order valence-corrected chi connectivity index (χ0v) is 13.3. The van der Waals surface area contributed by atoms with E-state index in [4.69, 9.17) is 5.73 Å². The van der Waals surface area contributed by atoms with E-state index in [0.29, 0.717) is 6.54 Å². The molecule has 0 bridgehead atoms. The molecule has 0 fully saturated rings. The van der Waals surface area contributed by atoms with E-state index in [1.165, 1.54) is 23.4 Å². The van der Waals surface area contributed by atoms with E-state index >= 15 is 0 Å². The van der Waals surface area contributed by atoms with Gasteiger partial charge in [-0.15, -0.1) is 0 Å². The molecule has 0 aliphatic rings. The molecule has 0 spiro atoms. The van der Waals surface area contributed by atoms with Crippen LogP contribution in [-0.4, -0.2) is 22.9 Å². The van der Waals surface area contributed by atoms with Gasteiger partial charge >= 0.3 is 0 Å². The Labute approximate surface area is 127 Å². The van der Waals surface area contributed by atoms with Crippen molar-refractivity contribution in [1.82, 2.24) is 9.78 Å². The summed E-state index contributed by atoms with van der Waals surface area (Å²) in [5, 5.41) is 4.38. The summed E-state index contributed by atoms with van der Waals surface area (Å²) in [5.41, 5.74) is 9.75. The van der Waals surface area contributed by atoms with Gasteiger partial charge in [-0.25, -0.2) is 0 Å². The topological polar surface area (TPSA) is 47.1 Å². The van der Waals surface area contributed by atoms with Gasteiger partial charge in [-0.2, -0.15) is 5.10 Å². The summed E-state index contributed by atoms with van der Waals surface area (Å²) in [4.78, 5) is 2.41. The number of anilines is 1. The lowest BCUT2D eigenvalue weighted by Gasteiger charge is -2.33. The molecule has 0 aliphatic carbocycles. The van der Waals surface area contributed by atoms with Crippen LogP contribution in [0.1, 0.15) is 37.1 Å². The Morgan fingerprint density at radius 3 is 2.52 bits per heavy atom. The molecule has 2 N–H and O–H groups in total. The summed E-state index contributed by atoms with van der Waals surface area (Å²) < 4.78 is 1.92. The fourth-order valence-electron chi connectivity index (χ4n) is 2.68.